The van der Waals surface area contributed by atoms with Crippen LogP contribution in [-0.4, -0.2) is 53.2 Å². The Morgan fingerprint density at radius 3 is 2.74 bits per heavy atom. The number of pyridine rings is 1. The number of amides is 2. The summed E-state index contributed by atoms with van der Waals surface area (Å²) in [5.74, 6) is 0.114. The number of rotatable bonds is 5. The van der Waals surface area contributed by atoms with Gasteiger partial charge < -0.3 is 19.7 Å². The van der Waals surface area contributed by atoms with Crippen LogP contribution in [0.3, 0.4) is 0 Å². The average Bonchev–Trinajstić information content (AvgIpc) is 2.60. The van der Waals surface area contributed by atoms with Crippen LogP contribution < -0.4 is 10.1 Å². The van der Waals surface area contributed by atoms with Crippen molar-refractivity contribution in [3.05, 3.63) is 22.8 Å². The molecule has 1 saturated heterocycles. The normalized spacial score (nSPS) is 17.4. The van der Waals surface area contributed by atoms with Gasteiger partial charge in [0.2, 0.25) is 5.88 Å². The second-order valence-electron chi connectivity index (χ2n) is 7.44. The van der Waals surface area contributed by atoms with Crippen LogP contribution in [0.2, 0.25) is 5.02 Å². The van der Waals surface area contributed by atoms with Crippen LogP contribution in [0.1, 0.15) is 57.4 Å². The monoisotopic (exact) mass is 397 g/mol. The van der Waals surface area contributed by atoms with Crippen molar-refractivity contribution in [2.45, 2.75) is 58.6 Å². The standard InChI is InChI=1S/C19H28ClN3O4/c1-5-26-15-10-9-14(20)16(22-15)17(24)23-11-7-6-8-13(23)12-21-18(25)27-19(2,3)4/h9-10,13H,5-8,11-12H2,1-4H3,(H,21,25). The maximum absolute atomic E-state index is 13.0. The summed E-state index contributed by atoms with van der Waals surface area (Å²) >= 11 is 6.20. The Bertz CT molecular complexity index is 675. The summed E-state index contributed by atoms with van der Waals surface area (Å²) in [6.07, 6.45) is 2.20. The third-order valence-electron chi connectivity index (χ3n) is 4.08. The predicted molar refractivity (Wildman–Crippen MR) is 103 cm³/mol. The zero-order valence-corrected chi connectivity index (χ0v) is 17.1. The Hall–Kier alpha value is -2.02. The van der Waals surface area contributed by atoms with Crippen LogP contribution in [0.4, 0.5) is 4.79 Å². The topological polar surface area (TPSA) is 80.8 Å². The second-order valence-corrected chi connectivity index (χ2v) is 7.85. The van der Waals surface area contributed by atoms with E-state index in [4.69, 9.17) is 21.1 Å². The van der Waals surface area contributed by atoms with Crippen LogP contribution in [0.5, 0.6) is 5.88 Å². The van der Waals surface area contributed by atoms with E-state index in [-0.39, 0.29) is 22.7 Å². The minimum atomic E-state index is -0.566. The molecule has 1 aliphatic heterocycles. The summed E-state index contributed by atoms with van der Waals surface area (Å²) in [6.45, 7) is 8.64. The summed E-state index contributed by atoms with van der Waals surface area (Å²) in [5.41, 5.74) is -0.393. The van der Waals surface area contributed by atoms with E-state index in [0.29, 0.717) is 25.6 Å². The number of alkyl carbamates (subject to hydrolysis) is 1. The molecule has 0 aromatic carbocycles. The molecule has 1 atom stereocenters. The lowest BCUT2D eigenvalue weighted by Gasteiger charge is -2.36. The highest BCUT2D eigenvalue weighted by Crippen LogP contribution is 2.24. The number of nitrogens with one attached hydrogen (secondary N) is 1. The van der Waals surface area contributed by atoms with E-state index in [2.05, 4.69) is 10.3 Å². The van der Waals surface area contributed by atoms with Gasteiger partial charge >= 0.3 is 6.09 Å². The van der Waals surface area contributed by atoms with Crippen LogP contribution in [0.15, 0.2) is 12.1 Å². The molecule has 150 valence electrons. The molecule has 0 bridgehead atoms. The molecule has 0 aliphatic carbocycles. The zero-order chi connectivity index (χ0) is 20.0. The number of hydrogen-bond donors (Lipinski definition) is 1. The molecule has 7 nitrogen and oxygen atoms in total. The van der Waals surface area contributed by atoms with E-state index >= 15 is 0 Å². The number of halogens is 1. The first-order valence-corrected chi connectivity index (χ1v) is 9.66. The lowest BCUT2D eigenvalue weighted by atomic mass is 10.0. The van der Waals surface area contributed by atoms with Gasteiger partial charge in [0.1, 0.15) is 5.60 Å². The van der Waals surface area contributed by atoms with Gasteiger partial charge in [-0.25, -0.2) is 9.78 Å². The molecule has 1 aromatic heterocycles. The van der Waals surface area contributed by atoms with E-state index in [1.165, 1.54) is 0 Å². The minimum absolute atomic E-state index is 0.132. The number of carbonyl (C=O) groups excluding carboxylic acids is 2. The molecular weight excluding hydrogens is 370 g/mol. The molecule has 1 N–H and O–H groups in total. The first-order valence-electron chi connectivity index (χ1n) is 9.28. The summed E-state index contributed by atoms with van der Waals surface area (Å²) < 4.78 is 10.6. The number of ether oxygens (including phenoxy) is 2. The number of hydrogen-bond acceptors (Lipinski definition) is 5. The van der Waals surface area contributed by atoms with E-state index in [1.807, 2.05) is 27.7 Å². The zero-order valence-electron chi connectivity index (χ0n) is 16.4. The SMILES string of the molecule is CCOc1ccc(Cl)c(C(=O)N2CCCCC2CNC(=O)OC(C)(C)C)n1. The molecular formula is C19H28ClN3O4. The number of piperidine rings is 1. The molecule has 0 radical (unpaired) electrons. The van der Waals surface area contributed by atoms with Gasteiger partial charge in [-0.05, 0) is 53.0 Å². The van der Waals surface area contributed by atoms with Gasteiger partial charge in [0, 0.05) is 25.2 Å². The fraction of sp³-hybridized carbons (Fsp3) is 0.632. The largest absolute Gasteiger partial charge is 0.478 e. The van der Waals surface area contributed by atoms with Crippen LogP contribution in [-0.2, 0) is 4.74 Å². The van der Waals surface area contributed by atoms with Crippen molar-refractivity contribution < 1.29 is 19.1 Å². The summed E-state index contributed by atoms with van der Waals surface area (Å²) in [7, 11) is 0. The van der Waals surface area contributed by atoms with Crippen molar-refractivity contribution in [2.24, 2.45) is 0 Å². The van der Waals surface area contributed by atoms with Gasteiger partial charge in [-0.3, -0.25) is 4.79 Å². The third-order valence-corrected chi connectivity index (χ3v) is 4.39. The number of nitrogens with zero attached hydrogens (tertiary/aromatic N) is 2. The number of likely N-dealkylation sites (tertiary alicyclic amines) is 1. The van der Waals surface area contributed by atoms with Crippen LogP contribution in [0.25, 0.3) is 0 Å². The Morgan fingerprint density at radius 2 is 2.07 bits per heavy atom. The summed E-state index contributed by atoms with van der Waals surface area (Å²) in [6, 6.07) is 3.12. The van der Waals surface area contributed by atoms with Crippen LogP contribution in [0, 0.1) is 0 Å². The van der Waals surface area contributed by atoms with Crippen molar-refractivity contribution in [3.8, 4) is 5.88 Å². The predicted octanol–water partition coefficient (Wildman–Crippen LogP) is 3.65. The fourth-order valence-corrected chi connectivity index (χ4v) is 3.12. The molecule has 2 rings (SSSR count). The highest BCUT2D eigenvalue weighted by atomic mass is 35.5. The second kappa shape index (κ2) is 9.26. The van der Waals surface area contributed by atoms with Crippen molar-refractivity contribution in [3.63, 3.8) is 0 Å². The molecule has 0 spiro atoms. The Balaban J connectivity index is 2.09. The fourth-order valence-electron chi connectivity index (χ4n) is 2.93. The van der Waals surface area contributed by atoms with Gasteiger partial charge in [-0.15, -0.1) is 0 Å². The average molecular weight is 398 g/mol. The smallest absolute Gasteiger partial charge is 0.407 e. The maximum atomic E-state index is 13.0. The van der Waals surface area contributed by atoms with E-state index < -0.39 is 11.7 Å². The quantitative estimate of drug-likeness (QED) is 0.820. The lowest BCUT2D eigenvalue weighted by molar-refractivity contribution is 0.0460. The molecule has 0 saturated carbocycles. The first-order chi connectivity index (χ1) is 12.7. The highest BCUT2D eigenvalue weighted by molar-refractivity contribution is 6.33. The van der Waals surface area contributed by atoms with Gasteiger partial charge in [-0.2, -0.15) is 0 Å². The highest BCUT2D eigenvalue weighted by Gasteiger charge is 2.30. The molecule has 1 unspecified atom stereocenters. The summed E-state index contributed by atoms with van der Waals surface area (Å²) in [5, 5.41) is 3.04. The molecule has 1 aromatic rings. The van der Waals surface area contributed by atoms with Gasteiger partial charge in [0.25, 0.3) is 5.91 Å². The lowest BCUT2D eigenvalue weighted by Crippen LogP contribution is -2.50. The van der Waals surface area contributed by atoms with Crippen molar-refractivity contribution in [1.29, 1.82) is 0 Å². The third kappa shape index (κ3) is 6.27. The van der Waals surface area contributed by atoms with Crippen molar-refractivity contribution in [2.75, 3.05) is 19.7 Å². The Labute approximate surface area is 165 Å². The number of aromatic nitrogens is 1. The van der Waals surface area contributed by atoms with Crippen molar-refractivity contribution in [1.82, 2.24) is 15.2 Å². The van der Waals surface area contributed by atoms with E-state index in [1.54, 1.807) is 17.0 Å². The Morgan fingerprint density at radius 1 is 1.33 bits per heavy atom. The van der Waals surface area contributed by atoms with Crippen LogP contribution >= 0.6 is 11.6 Å². The minimum Gasteiger partial charge on any atom is -0.478 e. The Kier molecular flexibility index (Phi) is 7.30. The molecule has 1 fully saturated rings. The molecule has 27 heavy (non-hydrogen) atoms. The van der Waals surface area contributed by atoms with E-state index in [9.17, 15) is 9.59 Å². The van der Waals surface area contributed by atoms with Gasteiger partial charge in [0.05, 0.1) is 11.6 Å². The van der Waals surface area contributed by atoms with E-state index in [0.717, 1.165) is 19.3 Å². The maximum Gasteiger partial charge on any atom is 0.407 e. The number of carbonyl (C=O) groups is 2. The van der Waals surface area contributed by atoms with Gasteiger partial charge in [-0.1, -0.05) is 11.6 Å². The molecule has 8 heteroatoms. The molecule has 2 amide bonds. The molecule has 1 aliphatic rings. The van der Waals surface area contributed by atoms with Crippen molar-refractivity contribution >= 4 is 23.6 Å². The van der Waals surface area contributed by atoms with Gasteiger partial charge in [0.15, 0.2) is 5.69 Å². The first kappa shape index (κ1) is 21.3. The summed E-state index contributed by atoms with van der Waals surface area (Å²) in [4.78, 5) is 31.0. The molecule has 2 heterocycles.